The highest BCUT2D eigenvalue weighted by atomic mass is 79.9. The normalized spacial score (nSPS) is 9.83. The van der Waals surface area contributed by atoms with Crippen LogP contribution < -0.4 is 4.74 Å². The minimum absolute atomic E-state index is 0.233. The molecule has 0 aliphatic carbocycles. The van der Waals surface area contributed by atoms with Crippen molar-refractivity contribution in [3.8, 4) is 5.75 Å². The molecular weight excluding hydrogens is 223 g/mol. The average Bonchev–Trinajstić information content (AvgIpc) is 2.09. The van der Waals surface area contributed by atoms with Gasteiger partial charge in [0.2, 0.25) is 0 Å². The summed E-state index contributed by atoms with van der Waals surface area (Å²) in [5.41, 5.74) is 0. The number of rotatable bonds is 4. The topological polar surface area (TPSA) is 9.23 Å². The average molecular weight is 233 g/mol. The van der Waals surface area contributed by atoms with Crippen LogP contribution in [0.3, 0.4) is 0 Å². The fraction of sp³-hybridized carbons (Fsp3) is 0.333. The highest BCUT2D eigenvalue weighted by molar-refractivity contribution is 9.09. The van der Waals surface area contributed by atoms with E-state index in [0.29, 0.717) is 6.61 Å². The molecule has 1 rings (SSSR count). The van der Waals surface area contributed by atoms with Crippen LogP contribution >= 0.6 is 15.9 Å². The van der Waals surface area contributed by atoms with E-state index in [2.05, 4.69) is 15.9 Å². The summed E-state index contributed by atoms with van der Waals surface area (Å²) in [5.74, 6) is 0.486. The molecule has 0 atom stereocenters. The van der Waals surface area contributed by atoms with Gasteiger partial charge in [0.25, 0.3) is 0 Å². The second-order valence-corrected chi connectivity index (χ2v) is 3.14. The van der Waals surface area contributed by atoms with E-state index in [9.17, 15) is 4.39 Å². The van der Waals surface area contributed by atoms with Crippen LogP contribution in [0.2, 0.25) is 0 Å². The number of hydrogen-bond donors (Lipinski definition) is 0. The SMILES string of the molecule is Fc1ccc(OCCCBr)cc1. The van der Waals surface area contributed by atoms with E-state index in [1.54, 1.807) is 12.1 Å². The lowest BCUT2D eigenvalue weighted by Crippen LogP contribution is -1.97. The van der Waals surface area contributed by atoms with Crippen LogP contribution in [0.25, 0.3) is 0 Å². The number of benzene rings is 1. The second-order valence-electron chi connectivity index (χ2n) is 2.34. The maximum absolute atomic E-state index is 12.4. The summed E-state index contributed by atoms with van der Waals surface area (Å²) in [6.45, 7) is 0.664. The number of hydrogen-bond acceptors (Lipinski definition) is 1. The predicted octanol–water partition coefficient (Wildman–Crippen LogP) is 2.99. The van der Waals surface area contributed by atoms with Crippen LogP contribution in [0.1, 0.15) is 6.42 Å². The van der Waals surface area contributed by atoms with Gasteiger partial charge in [-0.3, -0.25) is 0 Å². The van der Waals surface area contributed by atoms with E-state index >= 15 is 0 Å². The molecule has 0 bridgehead atoms. The van der Waals surface area contributed by atoms with Crippen LogP contribution in [0.4, 0.5) is 4.39 Å². The van der Waals surface area contributed by atoms with Crippen LogP contribution in [-0.2, 0) is 0 Å². The molecule has 0 saturated heterocycles. The zero-order valence-electron chi connectivity index (χ0n) is 6.59. The third-order valence-electron chi connectivity index (χ3n) is 1.36. The lowest BCUT2D eigenvalue weighted by atomic mass is 10.3. The van der Waals surface area contributed by atoms with Crippen molar-refractivity contribution in [2.75, 3.05) is 11.9 Å². The van der Waals surface area contributed by atoms with Gasteiger partial charge in [-0.25, -0.2) is 4.39 Å². The van der Waals surface area contributed by atoms with Crippen LogP contribution in [-0.4, -0.2) is 11.9 Å². The predicted molar refractivity (Wildman–Crippen MR) is 50.3 cm³/mol. The van der Waals surface area contributed by atoms with E-state index in [4.69, 9.17) is 4.74 Å². The first-order chi connectivity index (χ1) is 5.83. The molecule has 0 unspecified atom stereocenters. The van der Waals surface area contributed by atoms with Crippen molar-refractivity contribution in [3.63, 3.8) is 0 Å². The van der Waals surface area contributed by atoms with E-state index in [1.807, 2.05) is 0 Å². The molecule has 0 radical (unpaired) electrons. The number of ether oxygens (including phenoxy) is 1. The standard InChI is InChI=1S/C9H10BrFO/c10-6-1-7-12-9-4-2-8(11)3-5-9/h2-5H,1,6-7H2. The van der Waals surface area contributed by atoms with Crippen molar-refractivity contribution >= 4 is 15.9 Å². The second kappa shape index (κ2) is 5.14. The van der Waals surface area contributed by atoms with Crippen molar-refractivity contribution in [1.82, 2.24) is 0 Å². The fourth-order valence-corrected chi connectivity index (χ4v) is 1.00. The largest absolute Gasteiger partial charge is 0.494 e. The summed E-state index contributed by atoms with van der Waals surface area (Å²) >= 11 is 3.29. The zero-order valence-corrected chi connectivity index (χ0v) is 8.18. The van der Waals surface area contributed by atoms with Gasteiger partial charge in [-0.2, -0.15) is 0 Å². The molecule has 0 saturated carbocycles. The van der Waals surface area contributed by atoms with Crippen molar-refractivity contribution in [3.05, 3.63) is 30.1 Å². The zero-order chi connectivity index (χ0) is 8.81. The van der Waals surface area contributed by atoms with Crippen LogP contribution in [0.5, 0.6) is 5.75 Å². The molecule has 0 heterocycles. The lowest BCUT2D eigenvalue weighted by molar-refractivity contribution is 0.318. The molecular formula is C9H10BrFO. The number of alkyl halides is 1. The minimum Gasteiger partial charge on any atom is -0.494 e. The van der Waals surface area contributed by atoms with E-state index in [1.165, 1.54) is 12.1 Å². The Morgan fingerprint density at radius 2 is 1.92 bits per heavy atom. The Bertz CT molecular complexity index is 222. The first-order valence-electron chi connectivity index (χ1n) is 3.77. The Kier molecular flexibility index (Phi) is 4.08. The molecule has 0 aliphatic rings. The van der Waals surface area contributed by atoms with Gasteiger partial charge in [-0.15, -0.1) is 0 Å². The summed E-state index contributed by atoms with van der Waals surface area (Å²) in [7, 11) is 0. The van der Waals surface area contributed by atoms with E-state index < -0.39 is 0 Å². The Morgan fingerprint density at radius 1 is 1.25 bits per heavy atom. The Labute approximate surface area is 79.7 Å². The van der Waals surface area contributed by atoms with Crippen molar-refractivity contribution in [2.45, 2.75) is 6.42 Å². The highest BCUT2D eigenvalue weighted by Crippen LogP contribution is 2.11. The van der Waals surface area contributed by atoms with E-state index in [0.717, 1.165) is 17.5 Å². The molecule has 12 heavy (non-hydrogen) atoms. The molecule has 1 aromatic carbocycles. The molecule has 0 spiro atoms. The molecule has 0 aromatic heterocycles. The molecule has 1 nitrogen and oxygen atoms in total. The maximum Gasteiger partial charge on any atom is 0.123 e. The summed E-state index contributed by atoms with van der Waals surface area (Å²) in [6.07, 6.45) is 0.956. The summed E-state index contributed by atoms with van der Waals surface area (Å²) < 4.78 is 17.7. The first kappa shape index (κ1) is 9.52. The Balaban J connectivity index is 2.37. The van der Waals surface area contributed by atoms with Crippen molar-refractivity contribution in [1.29, 1.82) is 0 Å². The summed E-state index contributed by atoms with van der Waals surface area (Å²) in [4.78, 5) is 0. The van der Waals surface area contributed by atoms with E-state index in [-0.39, 0.29) is 5.82 Å². The molecule has 66 valence electrons. The number of halogens is 2. The molecule has 0 N–H and O–H groups in total. The van der Waals surface area contributed by atoms with Gasteiger partial charge >= 0.3 is 0 Å². The quantitative estimate of drug-likeness (QED) is 0.573. The molecule has 0 fully saturated rings. The Hall–Kier alpha value is -0.570. The van der Waals surface area contributed by atoms with Gasteiger partial charge in [-0.05, 0) is 30.7 Å². The highest BCUT2D eigenvalue weighted by Gasteiger charge is 1.92. The Morgan fingerprint density at radius 3 is 2.50 bits per heavy atom. The minimum atomic E-state index is -0.233. The molecule has 0 amide bonds. The third kappa shape index (κ3) is 3.22. The van der Waals surface area contributed by atoms with Gasteiger partial charge in [0.1, 0.15) is 11.6 Å². The van der Waals surface area contributed by atoms with Crippen molar-refractivity contribution < 1.29 is 9.13 Å². The van der Waals surface area contributed by atoms with Crippen LogP contribution in [0.15, 0.2) is 24.3 Å². The first-order valence-corrected chi connectivity index (χ1v) is 4.89. The monoisotopic (exact) mass is 232 g/mol. The van der Waals surface area contributed by atoms with Crippen LogP contribution in [0, 0.1) is 5.82 Å². The smallest absolute Gasteiger partial charge is 0.123 e. The maximum atomic E-state index is 12.4. The van der Waals surface area contributed by atoms with Crippen molar-refractivity contribution in [2.24, 2.45) is 0 Å². The molecule has 1 aromatic rings. The summed E-state index contributed by atoms with van der Waals surface area (Å²) in [5, 5.41) is 0.925. The van der Waals surface area contributed by atoms with Gasteiger partial charge in [0, 0.05) is 5.33 Å². The summed E-state index contributed by atoms with van der Waals surface area (Å²) in [6, 6.07) is 6.04. The lowest BCUT2D eigenvalue weighted by Gasteiger charge is -2.03. The third-order valence-corrected chi connectivity index (χ3v) is 1.92. The van der Waals surface area contributed by atoms with Gasteiger partial charge in [0.05, 0.1) is 6.61 Å². The van der Waals surface area contributed by atoms with Gasteiger partial charge < -0.3 is 4.74 Å². The van der Waals surface area contributed by atoms with Gasteiger partial charge in [-0.1, -0.05) is 15.9 Å². The van der Waals surface area contributed by atoms with Gasteiger partial charge in [0.15, 0.2) is 0 Å². The molecule has 3 heteroatoms. The fourth-order valence-electron chi connectivity index (χ4n) is 0.775. The molecule has 0 aliphatic heterocycles.